The summed E-state index contributed by atoms with van der Waals surface area (Å²) in [5.74, 6) is 0. The molecule has 2 N–H and O–H groups in total. The van der Waals surface area contributed by atoms with Crippen molar-refractivity contribution in [1.82, 2.24) is 4.72 Å². The monoisotopic (exact) mass is 311 g/mol. The number of halogens is 3. The van der Waals surface area contributed by atoms with Crippen LogP contribution in [0.3, 0.4) is 0 Å². The fraction of sp³-hybridized carbons (Fsp3) is 0.500. The first-order chi connectivity index (χ1) is 9.06. The topological polar surface area (TPSA) is 66.4 Å². The highest BCUT2D eigenvalue weighted by molar-refractivity contribution is 7.89. The average Bonchev–Trinajstić information content (AvgIpc) is 2.37. The summed E-state index contributed by atoms with van der Waals surface area (Å²) in [4.78, 5) is -0.847. The third kappa shape index (κ3) is 3.71. The van der Waals surface area contributed by atoms with Crippen molar-refractivity contribution < 1.29 is 26.7 Å². The quantitative estimate of drug-likeness (QED) is 0.875. The van der Waals surface area contributed by atoms with Gasteiger partial charge in [-0.05, 0) is 25.5 Å². The Bertz CT molecular complexity index is 566. The van der Waals surface area contributed by atoms with Crippen molar-refractivity contribution in [2.45, 2.75) is 36.9 Å². The number of hydrogen-bond donors (Lipinski definition) is 2. The predicted octanol–water partition coefficient (Wildman–Crippen LogP) is 2.14. The minimum atomic E-state index is -4.77. The van der Waals surface area contributed by atoms with Crippen LogP contribution in [-0.2, 0) is 16.2 Å². The van der Waals surface area contributed by atoms with E-state index in [1.54, 1.807) is 6.92 Å². The van der Waals surface area contributed by atoms with E-state index in [-0.39, 0.29) is 6.42 Å². The molecular weight excluding hydrogens is 295 g/mol. The lowest BCUT2D eigenvalue weighted by Gasteiger charge is -2.27. The Labute approximate surface area is 115 Å². The number of rotatable bonds is 5. The van der Waals surface area contributed by atoms with Gasteiger partial charge < -0.3 is 5.11 Å². The lowest BCUT2D eigenvalue weighted by molar-refractivity contribution is -0.139. The van der Waals surface area contributed by atoms with Gasteiger partial charge in [-0.1, -0.05) is 19.1 Å². The Hall–Kier alpha value is -1.12. The molecule has 1 aromatic carbocycles. The van der Waals surface area contributed by atoms with Crippen LogP contribution in [0.25, 0.3) is 0 Å². The molecule has 1 aromatic rings. The summed E-state index contributed by atoms with van der Waals surface area (Å²) < 4.78 is 64.8. The Morgan fingerprint density at radius 3 is 2.25 bits per heavy atom. The van der Waals surface area contributed by atoms with Crippen molar-refractivity contribution in [3.05, 3.63) is 29.8 Å². The molecule has 1 rings (SSSR count). The molecule has 8 heteroatoms. The van der Waals surface area contributed by atoms with E-state index in [2.05, 4.69) is 4.72 Å². The van der Waals surface area contributed by atoms with E-state index >= 15 is 0 Å². The molecule has 0 aliphatic heterocycles. The largest absolute Gasteiger partial charge is 0.417 e. The van der Waals surface area contributed by atoms with Gasteiger partial charge in [0.15, 0.2) is 0 Å². The number of sulfonamides is 1. The van der Waals surface area contributed by atoms with E-state index in [0.29, 0.717) is 6.07 Å². The molecule has 1 unspecified atom stereocenters. The molecule has 0 radical (unpaired) electrons. The number of benzene rings is 1. The summed E-state index contributed by atoms with van der Waals surface area (Å²) in [5, 5.41) is 9.18. The zero-order valence-corrected chi connectivity index (χ0v) is 11.8. The first-order valence-corrected chi connectivity index (χ1v) is 7.35. The molecule has 20 heavy (non-hydrogen) atoms. The van der Waals surface area contributed by atoms with E-state index in [1.165, 1.54) is 13.0 Å². The van der Waals surface area contributed by atoms with Crippen molar-refractivity contribution in [3.63, 3.8) is 0 Å². The van der Waals surface area contributed by atoms with Crippen molar-refractivity contribution >= 4 is 10.0 Å². The zero-order chi connectivity index (χ0) is 15.6. The first kappa shape index (κ1) is 16.9. The van der Waals surface area contributed by atoms with Crippen molar-refractivity contribution in [1.29, 1.82) is 0 Å². The van der Waals surface area contributed by atoms with Gasteiger partial charge in [0.1, 0.15) is 0 Å². The highest BCUT2D eigenvalue weighted by atomic mass is 32.2. The molecule has 4 nitrogen and oxygen atoms in total. The summed E-state index contributed by atoms with van der Waals surface area (Å²) in [6, 6.07) is 3.92. The second-order valence-corrected chi connectivity index (χ2v) is 6.32. The maximum absolute atomic E-state index is 12.8. The molecule has 0 aliphatic rings. The van der Waals surface area contributed by atoms with Gasteiger partial charge in [-0.2, -0.15) is 13.2 Å². The molecule has 0 heterocycles. The molecule has 0 aromatic heterocycles. The molecular formula is C12H16F3NO3S. The Morgan fingerprint density at radius 2 is 1.80 bits per heavy atom. The summed E-state index contributed by atoms with van der Waals surface area (Å²) in [7, 11) is -4.39. The normalized spacial score (nSPS) is 15.9. The van der Waals surface area contributed by atoms with Gasteiger partial charge >= 0.3 is 6.18 Å². The van der Waals surface area contributed by atoms with Crippen molar-refractivity contribution in [2.75, 3.05) is 6.61 Å². The maximum atomic E-state index is 12.8. The van der Waals surface area contributed by atoms with E-state index in [4.69, 9.17) is 0 Å². The van der Waals surface area contributed by atoms with Crippen LogP contribution in [0.1, 0.15) is 25.8 Å². The molecule has 0 spiro atoms. The minimum absolute atomic E-state index is 0.233. The highest BCUT2D eigenvalue weighted by Gasteiger charge is 2.38. The number of aliphatic hydroxyl groups excluding tert-OH is 1. The van der Waals surface area contributed by atoms with Gasteiger partial charge in [0.05, 0.1) is 22.6 Å². The van der Waals surface area contributed by atoms with Crippen LogP contribution in [0.4, 0.5) is 13.2 Å². The lowest BCUT2D eigenvalue weighted by Crippen LogP contribution is -2.48. The van der Waals surface area contributed by atoms with Crippen LogP contribution in [0.5, 0.6) is 0 Å². The molecule has 1 atom stereocenters. The van der Waals surface area contributed by atoms with E-state index in [1.807, 2.05) is 0 Å². The Morgan fingerprint density at radius 1 is 1.25 bits per heavy atom. The molecule has 0 fully saturated rings. The second kappa shape index (κ2) is 5.71. The molecule has 0 amide bonds. The third-order valence-corrected chi connectivity index (χ3v) is 4.69. The number of aliphatic hydroxyl groups is 1. The fourth-order valence-electron chi connectivity index (χ4n) is 1.53. The molecule has 0 aliphatic carbocycles. The fourth-order valence-corrected chi connectivity index (χ4v) is 3.23. The van der Waals surface area contributed by atoms with Gasteiger partial charge in [-0.15, -0.1) is 0 Å². The summed E-state index contributed by atoms with van der Waals surface area (Å²) in [6.07, 6.45) is -4.54. The van der Waals surface area contributed by atoms with E-state index in [0.717, 1.165) is 12.1 Å². The first-order valence-electron chi connectivity index (χ1n) is 5.87. The highest BCUT2D eigenvalue weighted by Crippen LogP contribution is 2.34. The summed E-state index contributed by atoms with van der Waals surface area (Å²) >= 11 is 0. The minimum Gasteiger partial charge on any atom is -0.394 e. The van der Waals surface area contributed by atoms with Crippen LogP contribution >= 0.6 is 0 Å². The smallest absolute Gasteiger partial charge is 0.394 e. The SMILES string of the molecule is CCC(C)(CO)NS(=O)(=O)c1ccccc1C(F)(F)F. The van der Waals surface area contributed by atoms with Gasteiger partial charge in [0.25, 0.3) is 0 Å². The van der Waals surface area contributed by atoms with Crippen molar-refractivity contribution in [2.24, 2.45) is 0 Å². The number of hydrogen-bond acceptors (Lipinski definition) is 3. The molecule has 0 saturated heterocycles. The van der Waals surface area contributed by atoms with E-state index in [9.17, 15) is 26.7 Å². The van der Waals surface area contributed by atoms with Crippen molar-refractivity contribution in [3.8, 4) is 0 Å². The van der Waals surface area contributed by atoms with Gasteiger partial charge in [-0.25, -0.2) is 13.1 Å². The molecule has 114 valence electrons. The summed E-state index contributed by atoms with van der Waals surface area (Å²) in [6.45, 7) is 2.52. The number of alkyl halides is 3. The van der Waals surface area contributed by atoms with Crippen LogP contribution in [0, 0.1) is 0 Å². The van der Waals surface area contributed by atoms with Crippen LogP contribution in [0.15, 0.2) is 29.2 Å². The maximum Gasteiger partial charge on any atom is 0.417 e. The van der Waals surface area contributed by atoms with E-state index < -0.39 is 38.8 Å². The molecule has 0 bridgehead atoms. The third-order valence-electron chi connectivity index (χ3n) is 2.99. The Kier molecular flexibility index (Phi) is 4.83. The van der Waals surface area contributed by atoms with Crippen LogP contribution in [0.2, 0.25) is 0 Å². The van der Waals surface area contributed by atoms with Crippen LogP contribution in [-0.4, -0.2) is 25.7 Å². The van der Waals surface area contributed by atoms with Crippen LogP contribution < -0.4 is 4.72 Å². The number of nitrogens with one attached hydrogen (secondary N) is 1. The Balaban J connectivity index is 3.31. The van der Waals surface area contributed by atoms with Gasteiger partial charge in [0.2, 0.25) is 10.0 Å². The van der Waals surface area contributed by atoms with Gasteiger partial charge in [-0.3, -0.25) is 0 Å². The zero-order valence-electron chi connectivity index (χ0n) is 11.0. The average molecular weight is 311 g/mol. The van der Waals surface area contributed by atoms with Gasteiger partial charge in [0, 0.05) is 0 Å². The standard InChI is InChI=1S/C12H16F3NO3S/c1-3-11(2,8-17)16-20(18,19)10-7-5-4-6-9(10)12(13,14)15/h4-7,16-17H,3,8H2,1-2H3. The second-order valence-electron chi connectivity index (χ2n) is 4.67. The lowest BCUT2D eigenvalue weighted by atomic mass is 10.0. The molecule has 0 saturated carbocycles. The summed E-state index contributed by atoms with van der Waals surface area (Å²) in [5.41, 5.74) is -2.44. The predicted molar refractivity (Wildman–Crippen MR) is 67.5 cm³/mol.